The molecular formula is C9H12O5S. The van der Waals surface area contributed by atoms with Crippen molar-refractivity contribution in [3.05, 3.63) is 24.3 Å². The van der Waals surface area contributed by atoms with Crippen molar-refractivity contribution in [1.29, 1.82) is 0 Å². The second-order valence-electron chi connectivity index (χ2n) is 2.84. The topological polar surface area (TPSA) is 72.8 Å². The maximum atomic E-state index is 10.6. The van der Waals surface area contributed by atoms with Gasteiger partial charge in [0.25, 0.3) is 10.1 Å². The van der Waals surface area contributed by atoms with Crippen molar-refractivity contribution in [1.82, 2.24) is 0 Å². The van der Waals surface area contributed by atoms with E-state index in [9.17, 15) is 13.5 Å². The molecule has 0 aliphatic carbocycles. The van der Waals surface area contributed by atoms with Gasteiger partial charge in [-0.15, -0.1) is 0 Å². The summed E-state index contributed by atoms with van der Waals surface area (Å²) in [6.45, 7) is -0.0161. The van der Waals surface area contributed by atoms with Gasteiger partial charge in [0.05, 0.1) is 6.26 Å². The van der Waals surface area contributed by atoms with E-state index in [2.05, 4.69) is 4.18 Å². The van der Waals surface area contributed by atoms with Gasteiger partial charge in [-0.3, -0.25) is 4.18 Å². The largest absolute Gasteiger partial charge is 0.504 e. The quantitative estimate of drug-likeness (QED) is 0.599. The molecule has 0 aliphatic rings. The maximum absolute atomic E-state index is 10.6. The van der Waals surface area contributed by atoms with Crippen LogP contribution in [0.15, 0.2) is 24.3 Å². The molecule has 0 spiro atoms. The first-order valence-corrected chi connectivity index (χ1v) is 6.06. The Hall–Kier alpha value is -1.27. The highest BCUT2D eigenvalue weighted by atomic mass is 32.2. The third kappa shape index (κ3) is 4.66. The van der Waals surface area contributed by atoms with Gasteiger partial charge in [0.15, 0.2) is 11.5 Å². The molecule has 0 bridgehead atoms. The van der Waals surface area contributed by atoms with Crippen LogP contribution in [-0.4, -0.2) is 33.0 Å². The Morgan fingerprint density at radius 2 is 1.93 bits per heavy atom. The number of benzene rings is 1. The summed E-state index contributed by atoms with van der Waals surface area (Å²) < 4.78 is 30.7. The van der Waals surface area contributed by atoms with Crippen molar-refractivity contribution in [2.45, 2.75) is 0 Å². The third-order valence-electron chi connectivity index (χ3n) is 1.50. The number of ether oxygens (including phenoxy) is 1. The Morgan fingerprint density at radius 1 is 1.27 bits per heavy atom. The molecule has 1 N–H and O–H groups in total. The zero-order valence-corrected chi connectivity index (χ0v) is 9.03. The molecule has 0 heterocycles. The molecule has 84 valence electrons. The Kier molecular flexibility index (Phi) is 3.93. The molecule has 0 aromatic heterocycles. The fourth-order valence-electron chi connectivity index (χ4n) is 0.916. The predicted molar refractivity (Wildman–Crippen MR) is 54.4 cm³/mol. The first-order valence-electron chi connectivity index (χ1n) is 4.24. The minimum atomic E-state index is -3.43. The first-order chi connectivity index (χ1) is 6.99. The van der Waals surface area contributed by atoms with Gasteiger partial charge >= 0.3 is 0 Å². The Labute approximate surface area is 88.4 Å². The Bertz CT molecular complexity index is 412. The van der Waals surface area contributed by atoms with Crippen LogP contribution in [0.3, 0.4) is 0 Å². The molecule has 0 aliphatic heterocycles. The molecule has 5 nitrogen and oxygen atoms in total. The van der Waals surface area contributed by atoms with Gasteiger partial charge < -0.3 is 9.84 Å². The number of aromatic hydroxyl groups is 1. The van der Waals surface area contributed by atoms with Gasteiger partial charge in [-0.1, -0.05) is 12.1 Å². The van der Waals surface area contributed by atoms with Gasteiger partial charge in [-0.2, -0.15) is 8.42 Å². The molecule has 1 aromatic rings. The molecule has 0 unspecified atom stereocenters. The maximum Gasteiger partial charge on any atom is 0.264 e. The highest BCUT2D eigenvalue weighted by Gasteiger charge is 2.03. The van der Waals surface area contributed by atoms with Gasteiger partial charge in [-0.25, -0.2) is 0 Å². The summed E-state index contributed by atoms with van der Waals surface area (Å²) in [5, 5.41) is 9.29. The zero-order chi connectivity index (χ0) is 11.3. The van der Waals surface area contributed by atoms with Crippen LogP contribution in [0.1, 0.15) is 0 Å². The zero-order valence-electron chi connectivity index (χ0n) is 8.21. The number of hydrogen-bond acceptors (Lipinski definition) is 5. The summed E-state index contributed by atoms with van der Waals surface area (Å²) in [5.74, 6) is 0.312. The molecule has 0 atom stereocenters. The summed E-state index contributed by atoms with van der Waals surface area (Å²) in [7, 11) is -3.43. The van der Waals surface area contributed by atoms with Crippen LogP contribution in [0.4, 0.5) is 0 Å². The number of rotatable bonds is 5. The molecule has 0 saturated heterocycles. The number of hydrogen-bond donors (Lipinski definition) is 1. The molecule has 1 rings (SSSR count). The molecule has 15 heavy (non-hydrogen) atoms. The van der Waals surface area contributed by atoms with Crippen molar-refractivity contribution in [2.75, 3.05) is 19.5 Å². The lowest BCUT2D eigenvalue weighted by Gasteiger charge is -2.06. The van der Waals surface area contributed by atoms with Crippen molar-refractivity contribution in [2.24, 2.45) is 0 Å². The lowest BCUT2D eigenvalue weighted by molar-refractivity contribution is 0.217. The minimum absolute atomic E-state index is 0.0110. The average Bonchev–Trinajstić information content (AvgIpc) is 2.13. The van der Waals surface area contributed by atoms with Crippen LogP contribution in [-0.2, 0) is 14.3 Å². The van der Waals surface area contributed by atoms with E-state index in [1.165, 1.54) is 6.07 Å². The standard InChI is InChI=1S/C9H12O5S/c1-15(11,12)14-7-6-13-9-5-3-2-4-8(9)10/h2-5,10H,6-7H2,1H3. The van der Waals surface area contributed by atoms with E-state index in [1.807, 2.05) is 0 Å². The van der Waals surface area contributed by atoms with Crippen molar-refractivity contribution < 1.29 is 22.4 Å². The highest BCUT2D eigenvalue weighted by Crippen LogP contribution is 2.23. The van der Waals surface area contributed by atoms with Crippen LogP contribution < -0.4 is 4.74 Å². The fraction of sp³-hybridized carbons (Fsp3) is 0.333. The van der Waals surface area contributed by atoms with Gasteiger partial charge in [-0.05, 0) is 12.1 Å². The molecule has 0 fully saturated rings. The van der Waals surface area contributed by atoms with Gasteiger partial charge in [0.2, 0.25) is 0 Å². The van der Waals surface area contributed by atoms with E-state index in [-0.39, 0.29) is 19.0 Å². The van der Waals surface area contributed by atoms with Gasteiger partial charge in [0, 0.05) is 0 Å². The van der Waals surface area contributed by atoms with E-state index in [1.54, 1.807) is 18.2 Å². The summed E-state index contributed by atoms with van der Waals surface area (Å²) in [6.07, 6.45) is 0.965. The smallest absolute Gasteiger partial charge is 0.264 e. The van der Waals surface area contributed by atoms with E-state index in [0.29, 0.717) is 5.75 Å². The fourth-order valence-corrected chi connectivity index (χ4v) is 1.29. The number of phenols is 1. The molecule has 0 radical (unpaired) electrons. The number of para-hydroxylation sites is 2. The van der Waals surface area contributed by atoms with Crippen LogP contribution >= 0.6 is 0 Å². The second-order valence-corrected chi connectivity index (χ2v) is 4.49. The van der Waals surface area contributed by atoms with E-state index in [0.717, 1.165) is 6.26 Å². The van der Waals surface area contributed by atoms with Crippen LogP contribution in [0.5, 0.6) is 11.5 Å². The third-order valence-corrected chi connectivity index (χ3v) is 2.10. The average molecular weight is 232 g/mol. The normalized spacial score (nSPS) is 11.3. The SMILES string of the molecule is CS(=O)(=O)OCCOc1ccccc1O. The summed E-state index contributed by atoms with van der Waals surface area (Å²) in [4.78, 5) is 0. The Morgan fingerprint density at radius 3 is 2.53 bits per heavy atom. The predicted octanol–water partition coefficient (Wildman–Crippen LogP) is 0.747. The lowest BCUT2D eigenvalue weighted by Crippen LogP contribution is -2.11. The van der Waals surface area contributed by atoms with Crippen LogP contribution in [0.2, 0.25) is 0 Å². The van der Waals surface area contributed by atoms with Crippen LogP contribution in [0, 0.1) is 0 Å². The van der Waals surface area contributed by atoms with Crippen molar-refractivity contribution >= 4 is 10.1 Å². The Balaban J connectivity index is 2.36. The van der Waals surface area contributed by atoms with E-state index >= 15 is 0 Å². The summed E-state index contributed by atoms with van der Waals surface area (Å²) in [6, 6.07) is 6.42. The second kappa shape index (κ2) is 4.99. The lowest BCUT2D eigenvalue weighted by atomic mass is 10.3. The van der Waals surface area contributed by atoms with Gasteiger partial charge in [0.1, 0.15) is 13.2 Å². The first kappa shape index (κ1) is 11.8. The summed E-state index contributed by atoms with van der Waals surface area (Å²) >= 11 is 0. The highest BCUT2D eigenvalue weighted by molar-refractivity contribution is 7.85. The minimum Gasteiger partial charge on any atom is -0.504 e. The van der Waals surface area contributed by atoms with E-state index < -0.39 is 10.1 Å². The van der Waals surface area contributed by atoms with Crippen molar-refractivity contribution in [3.63, 3.8) is 0 Å². The summed E-state index contributed by atoms with van der Waals surface area (Å²) in [5.41, 5.74) is 0. The van der Waals surface area contributed by atoms with Crippen LogP contribution in [0.25, 0.3) is 0 Å². The molecule has 0 amide bonds. The molecular weight excluding hydrogens is 220 g/mol. The molecule has 6 heteroatoms. The molecule has 0 saturated carbocycles. The monoisotopic (exact) mass is 232 g/mol. The van der Waals surface area contributed by atoms with E-state index in [4.69, 9.17) is 4.74 Å². The number of phenolic OH excluding ortho intramolecular Hbond substituents is 1. The van der Waals surface area contributed by atoms with Crippen molar-refractivity contribution in [3.8, 4) is 11.5 Å². The molecule has 1 aromatic carbocycles.